The Morgan fingerprint density at radius 3 is 2.03 bits per heavy atom. The molecule has 0 saturated heterocycles. The standard InChI is InChI=1S/C24H24F2N2O2/c1-17(23(29)27-16-18-8-4-2-5-9-18)28-22(19-10-6-3-7-11-19)20-12-14-21(15-13-20)30-24(25)26/h2-15,17,22,24,28H,16H2,1H3,(H,27,29)/t17-,22-/m1/s1. The Bertz CT molecular complexity index is 919. The van der Waals surface area contributed by atoms with E-state index in [1.807, 2.05) is 60.7 Å². The van der Waals surface area contributed by atoms with E-state index in [1.54, 1.807) is 19.1 Å². The number of carbonyl (C=O) groups excluding carboxylic acids is 1. The number of amides is 1. The van der Waals surface area contributed by atoms with Crippen LogP contribution in [0.3, 0.4) is 0 Å². The van der Waals surface area contributed by atoms with Crippen LogP contribution < -0.4 is 15.4 Å². The van der Waals surface area contributed by atoms with Crippen molar-refractivity contribution < 1.29 is 18.3 Å². The summed E-state index contributed by atoms with van der Waals surface area (Å²) in [5.41, 5.74) is 2.82. The molecular weight excluding hydrogens is 386 g/mol. The monoisotopic (exact) mass is 410 g/mol. The van der Waals surface area contributed by atoms with Crippen molar-refractivity contribution in [3.05, 3.63) is 102 Å². The van der Waals surface area contributed by atoms with Crippen LogP contribution >= 0.6 is 0 Å². The topological polar surface area (TPSA) is 50.4 Å². The third-order valence-electron chi connectivity index (χ3n) is 4.69. The van der Waals surface area contributed by atoms with Crippen LogP contribution in [0.4, 0.5) is 8.78 Å². The summed E-state index contributed by atoms with van der Waals surface area (Å²) in [6.45, 7) is -0.626. The van der Waals surface area contributed by atoms with Crippen LogP contribution in [-0.4, -0.2) is 18.6 Å². The molecular formula is C24H24F2N2O2. The summed E-state index contributed by atoms with van der Waals surface area (Å²) in [5, 5.41) is 6.28. The highest BCUT2D eigenvalue weighted by Gasteiger charge is 2.21. The lowest BCUT2D eigenvalue weighted by atomic mass is 9.97. The lowest BCUT2D eigenvalue weighted by Crippen LogP contribution is -2.43. The highest BCUT2D eigenvalue weighted by molar-refractivity contribution is 5.81. The van der Waals surface area contributed by atoms with E-state index in [0.29, 0.717) is 6.54 Å². The minimum atomic E-state index is -2.87. The summed E-state index contributed by atoms with van der Waals surface area (Å²) in [5.74, 6) is -0.0355. The SMILES string of the molecule is C[C@@H](N[C@H](c1ccccc1)c1ccc(OC(F)F)cc1)C(=O)NCc1ccccc1. The maximum Gasteiger partial charge on any atom is 0.387 e. The van der Waals surface area contributed by atoms with Gasteiger partial charge in [-0.3, -0.25) is 10.1 Å². The Labute approximate surface area is 174 Å². The number of halogens is 2. The van der Waals surface area contributed by atoms with Crippen LogP contribution in [0.25, 0.3) is 0 Å². The first-order valence-corrected chi connectivity index (χ1v) is 9.70. The molecule has 0 aromatic heterocycles. The number of hydrogen-bond donors (Lipinski definition) is 2. The largest absolute Gasteiger partial charge is 0.435 e. The molecule has 0 heterocycles. The minimum Gasteiger partial charge on any atom is -0.435 e. The van der Waals surface area contributed by atoms with Gasteiger partial charge in [0.1, 0.15) is 5.75 Å². The molecule has 3 aromatic rings. The summed E-state index contributed by atoms with van der Waals surface area (Å²) in [7, 11) is 0. The number of rotatable bonds is 9. The van der Waals surface area contributed by atoms with Crippen molar-refractivity contribution in [3.8, 4) is 5.75 Å². The van der Waals surface area contributed by atoms with Gasteiger partial charge in [0.25, 0.3) is 0 Å². The van der Waals surface area contributed by atoms with Gasteiger partial charge in [0.2, 0.25) is 5.91 Å². The van der Waals surface area contributed by atoms with Crippen molar-refractivity contribution in [3.63, 3.8) is 0 Å². The zero-order chi connectivity index (χ0) is 21.3. The molecule has 6 heteroatoms. The molecule has 4 nitrogen and oxygen atoms in total. The Balaban J connectivity index is 1.72. The predicted molar refractivity (Wildman–Crippen MR) is 112 cm³/mol. The van der Waals surface area contributed by atoms with Crippen LogP contribution in [0.5, 0.6) is 5.75 Å². The first-order chi connectivity index (χ1) is 14.5. The molecule has 0 radical (unpaired) electrons. The Hall–Kier alpha value is -3.25. The first kappa shape index (κ1) is 21.5. The van der Waals surface area contributed by atoms with Crippen molar-refractivity contribution in [1.29, 1.82) is 0 Å². The molecule has 0 saturated carbocycles. The molecule has 0 aliphatic rings. The number of carbonyl (C=O) groups is 1. The molecule has 30 heavy (non-hydrogen) atoms. The fourth-order valence-corrected chi connectivity index (χ4v) is 3.14. The molecule has 0 bridgehead atoms. The van der Waals surface area contributed by atoms with Gasteiger partial charge in [-0.25, -0.2) is 0 Å². The zero-order valence-electron chi connectivity index (χ0n) is 16.6. The maximum absolute atomic E-state index is 12.6. The number of nitrogens with one attached hydrogen (secondary N) is 2. The van der Waals surface area contributed by atoms with E-state index in [4.69, 9.17) is 0 Å². The molecule has 0 fully saturated rings. The molecule has 0 aliphatic heterocycles. The lowest BCUT2D eigenvalue weighted by molar-refractivity contribution is -0.123. The number of ether oxygens (including phenoxy) is 1. The van der Waals surface area contributed by atoms with Gasteiger partial charge in [0.15, 0.2) is 0 Å². The highest BCUT2D eigenvalue weighted by atomic mass is 19.3. The third-order valence-corrected chi connectivity index (χ3v) is 4.69. The van der Waals surface area contributed by atoms with Crippen LogP contribution in [0, 0.1) is 0 Å². The van der Waals surface area contributed by atoms with Gasteiger partial charge in [-0.15, -0.1) is 0 Å². The summed E-state index contributed by atoms with van der Waals surface area (Å²) < 4.78 is 29.3. The fourth-order valence-electron chi connectivity index (χ4n) is 3.14. The van der Waals surface area contributed by atoms with Crippen LogP contribution in [0.15, 0.2) is 84.9 Å². The van der Waals surface area contributed by atoms with Crippen LogP contribution in [-0.2, 0) is 11.3 Å². The van der Waals surface area contributed by atoms with Gasteiger partial charge in [-0.05, 0) is 35.7 Å². The second-order valence-corrected chi connectivity index (χ2v) is 6.88. The molecule has 2 atom stereocenters. The summed E-state index contributed by atoms with van der Waals surface area (Å²) >= 11 is 0. The van der Waals surface area contributed by atoms with E-state index in [-0.39, 0.29) is 17.7 Å². The number of benzene rings is 3. The quantitative estimate of drug-likeness (QED) is 0.539. The second kappa shape index (κ2) is 10.5. The fraction of sp³-hybridized carbons (Fsp3) is 0.208. The normalized spacial score (nSPS) is 12.9. The molecule has 0 unspecified atom stereocenters. The van der Waals surface area contributed by atoms with Gasteiger partial charge < -0.3 is 10.1 Å². The van der Waals surface area contributed by atoms with Crippen molar-refractivity contribution in [2.75, 3.05) is 0 Å². The highest BCUT2D eigenvalue weighted by Crippen LogP contribution is 2.25. The second-order valence-electron chi connectivity index (χ2n) is 6.88. The van der Waals surface area contributed by atoms with E-state index in [0.717, 1.165) is 16.7 Å². The maximum atomic E-state index is 12.6. The van der Waals surface area contributed by atoms with Crippen LogP contribution in [0.1, 0.15) is 29.7 Å². The Morgan fingerprint density at radius 1 is 0.867 bits per heavy atom. The van der Waals surface area contributed by atoms with E-state index in [1.165, 1.54) is 12.1 Å². The van der Waals surface area contributed by atoms with Gasteiger partial charge in [0.05, 0.1) is 12.1 Å². The minimum absolute atomic E-state index is 0.0919. The van der Waals surface area contributed by atoms with Gasteiger partial charge in [-0.2, -0.15) is 8.78 Å². The molecule has 156 valence electrons. The van der Waals surface area contributed by atoms with E-state index in [2.05, 4.69) is 15.4 Å². The number of alkyl halides is 2. The van der Waals surface area contributed by atoms with E-state index >= 15 is 0 Å². The molecule has 3 rings (SSSR count). The summed E-state index contributed by atoms with van der Waals surface area (Å²) in [4.78, 5) is 12.6. The number of hydrogen-bond acceptors (Lipinski definition) is 3. The molecule has 2 N–H and O–H groups in total. The van der Waals surface area contributed by atoms with Gasteiger partial charge in [0, 0.05) is 6.54 Å². The Kier molecular flexibility index (Phi) is 7.51. The lowest BCUT2D eigenvalue weighted by Gasteiger charge is -2.24. The summed E-state index contributed by atoms with van der Waals surface area (Å²) in [6, 6.07) is 25.0. The summed E-state index contributed by atoms with van der Waals surface area (Å²) in [6.07, 6.45) is 0. The van der Waals surface area contributed by atoms with Gasteiger partial charge in [-0.1, -0.05) is 72.8 Å². The van der Waals surface area contributed by atoms with Crippen molar-refractivity contribution in [2.24, 2.45) is 0 Å². The molecule has 0 spiro atoms. The van der Waals surface area contributed by atoms with Crippen molar-refractivity contribution in [1.82, 2.24) is 10.6 Å². The Morgan fingerprint density at radius 2 is 1.43 bits per heavy atom. The molecule has 1 amide bonds. The third kappa shape index (κ3) is 6.12. The van der Waals surface area contributed by atoms with E-state index in [9.17, 15) is 13.6 Å². The molecule has 3 aromatic carbocycles. The van der Waals surface area contributed by atoms with Crippen molar-refractivity contribution >= 4 is 5.91 Å². The zero-order valence-corrected chi connectivity index (χ0v) is 16.6. The molecule has 0 aliphatic carbocycles. The van der Waals surface area contributed by atoms with E-state index < -0.39 is 12.7 Å². The van der Waals surface area contributed by atoms with Gasteiger partial charge >= 0.3 is 6.61 Å². The average molecular weight is 410 g/mol. The predicted octanol–water partition coefficient (Wildman–Crippen LogP) is 4.67. The van der Waals surface area contributed by atoms with Crippen LogP contribution in [0.2, 0.25) is 0 Å². The average Bonchev–Trinajstić information content (AvgIpc) is 2.77. The first-order valence-electron chi connectivity index (χ1n) is 9.70. The van der Waals surface area contributed by atoms with Crippen molar-refractivity contribution in [2.45, 2.75) is 32.2 Å². The smallest absolute Gasteiger partial charge is 0.387 e.